The van der Waals surface area contributed by atoms with Crippen LogP contribution in [0.1, 0.15) is 271 Å². The van der Waals surface area contributed by atoms with Crippen LogP contribution >= 0.6 is 0 Å². The highest BCUT2D eigenvalue weighted by Crippen LogP contribution is 2.16. The van der Waals surface area contributed by atoms with E-state index >= 15 is 0 Å². The van der Waals surface area contributed by atoms with Crippen molar-refractivity contribution < 1.29 is 24.5 Å². The van der Waals surface area contributed by atoms with E-state index in [1.165, 1.54) is 173 Å². The van der Waals surface area contributed by atoms with Crippen molar-refractivity contribution >= 4 is 11.9 Å². The predicted octanol–water partition coefficient (Wildman–Crippen LogP) is 15.7. The number of aliphatic hydroxyl groups is 2. The van der Waals surface area contributed by atoms with Gasteiger partial charge >= 0.3 is 5.97 Å². The summed E-state index contributed by atoms with van der Waals surface area (Å²) in [4.78, 5) is 24.4. The molecule has 6 nitrogen and oxygen atoms in total. The van der Waals surface area contributed by atoms with Gasteiger partial charge in [-0.1, -0.05) is 217 Å². The van der Waals surface area contributed by atoms with Gasteiger partial charge in [-0.25, -0.2) is 0 Å². The number of amides is 1. The third-order valence-corrected chi connectivity index (χ3v) is 11.9. The summed E-state index contributed by atoms with van der Waals surface area (Å²) in [7, 11) is 0. The summed E-state index contributed by atoms with van der Waals surface area (Å²) < 4.78 is 5.44. The molecule has 0 bridgehead atoms. The number of esters is 1. The Labute approximate surface area is 373 Å². The minimum atomic E-state index is -0.672. The maximum absolute atomic E-state index is 12.4. The molecule has 6 heteroatoms. The SMILES string of the molecule is CCC/C=C\C/C=C\CCCCCCCC(=O)OCCCCCCCC/C=C\CCCCCCCCCC(=O)NC(CO)C(O)CCCCCCCCCCCCCCC. The van der Waals surface area contributed by atoms with Crippen LogP contribution < -0.4 is 5.32 Å². The lowest BCUT2D eigenvalue weighted by Crippen LogP contribution is -2.45. The molecule has 0 aromatic rings. The second kappa shape index (κ2) is 49.7. The van der Waals surface area contributed by atoms with Crippen molar-refractivity contribution in [3.63, 3.8) is 0 Å². The van der Waals surface area contributed by atoms with E-state index in [-0.39, 0.29) is 18.5 Å². The Morgan fingerprint density at radius 2 is 0.867 bits per heavy atom. The molecule has 0 spiro atoms. The summed E-state index contributed by atoms with van der Waals surface area (Å²) in [5.41, 5.74) is 0. The van der Waals surface area contributed by atoms with E-state index in [0.29, 0.717) is 25.9 Å². The molecule has 2 unspecified atom stereocenters. The largest absolute Gasteiger partial charge is 0.466 e. The first kappa shape index (κ1) is 58.1. The molecule has 60 heavy (non-hydrogen) atoms. The summed E-state index contributed by atoms with van der Waals surface area (Å²) in [6.07, 6.45) is 59.7. The molecule has 352 valence electrons. The first-order valence-electron chi connectivity index (χ1n) is 26.2. The van der Waals surface area contributed by atoms with E-state index in [1.807, 2.05) is 0 Å². The Bertz CT molecular complexity index is 977. The number of nitrogens with one attached hydrogen (secondary N) is 1. The van der Waals surface area contributed by atoms with E-state index in [2.05, 4.69) is 55.6 Å². The zero-order chi connectivity index (χ0) is 43.7. The average molecular weight is 844 g/mol. The first-order chi connectivity index (χ1) is 29.5. The molecule has 3 N–H and O–H groups in total. The van der Waals surface area contributed by atoms with E-state index in [4.69, 9.17) is 4.74 Å². The molecule has 0 heterocycles. The minimum Gasteiger partial charge on any atom is -0.466 e. The Hall–Kier alpha value is -1.92. The van der Waals surface area contributed by atoms with Gasteiger partial charge in [0.05, 0.1) is 25.4 Å². The summed E-state index contributed by atoms with van der Waals surface area (Å²) in [5, 5.41) is 23.2. The number of carbonyl (C=O) groups is 2. The molecule has 0 aromatic carbocycles. The Morgan fingerprint density at radius 3 is 1.35 bits per heavy atom. The molecular formula is C54H101NO5. The molecule has 0 aliphatic rings. The molecule has 0 fully saturated rings. The number of aliphatic hydroxyl groups excluding tert-OH is 2. The molecule has 0 aliphatic carbocycles. The van der Waals surface area contributed by atoms with E-state index in [0.717, 1.165) is 64.2 Å². The highest BCUT2D eigenvalue weighted by atomic mass is 16.5. The summed E-state index contributed by atoms with van der Waals surface area (Å²) in [6.45, 7) is 4.85. The number of carbonyl (C=O) groups excluding carboxylic acids is 2. The van der Waals surface area contributed by atoms with Crippen LogP contribution in [0.3, 0.4) is 0 Å². The van der Waals surface area contributed by atoms with Crippen molar-refractivity contribution in [1.29, 1.82) is 0 Å². The van der Waals surface area contributed by atoms with Crippen LogP contribution in [0.2, 0.25) is 0 Å². The van der Waals surface area contributed by atoms with Crippen molar-refractivity contribution in [2.45, 2.75) is 283 Å². The Morgan fingerprint density at radius 1 is 0.467 bits per heavy atom. The van der Waals surface area contributed by atoms with Crippen LogP contribution in [-0.4, -0.2) is 47.4 Å². The van der Waals surface area contributed by atoms with Crippen molar-refractivity contribution in [3.05, 3.63) is 36.5 Å². The maximum Gasteiger partial charge on any atom is 0.305 e. The highest BCUT2D eigenvalue weighted by molar-refractivity contribution is 5.76. The third kappa shape index (κ3) is 45.6. The van der Waals surface area contributed by atoms with Gasteiger partial charge in [-0.05, 0) is 77.0 Å². The van der Waals surface area contributed by atoms with Crippen molar-refractivity contribution in [3.8, 4) is 0 Å². The standard InChI is InChI=1S/C54H101NO5/c1-3-5-7-9-11-13-15-22-26-30-34-38-42-46-52(57)51(50-56)55-53(58)47-43-39-35-31-27-24-20-18-17-19-21-25-29-33-37-41-45-49-60-54(59)48-44-40-36-32-28-23-16-14-12-10-8-6-4-2/h8,10,14,16-17,19,51-52,56-57H,3-7,9,11-13,15,18,20-50H2,1-2H3,(H,55,58)/b10-8-,16-14-,19-17-. The molecule has 0 saturated heterocycles. The monoisotopic (exact) mass is 844 g/mol. The lowest BCUT2D eigenvalue weighted by molar-refractivity contribution is -0.143. The zero-order valence-electron chi connectivity index (χ0n) is 39.9. The molecule has 0 radical (unpaired) electrons. The van der Waals surface area contributed by atoms with E-state index in [9.17, 15) is 19.8 Å². The second-order valence-corrected chi connectivity index (χ2v) is 17.8. The van der Waals surface area contributed by atoms with E-state index in [1.54, 1.807) is 0 Å². The number of ether oxygens (including phenoxy) is 1. The Balaban J connectivity index is 3.47. The van der Waals surface area contributed by atoms with Gasteiger partial charge in [-0.3, -0.25) is 9.59 Å². The van der Waals surface area contributed by atoms with E-state index < -0.39 is 12.1 Å². The minimum absolute atomic E-state index is 0.0177. The molecule has 1 amide bonds. The molecule has 0 saturated carbocycles. The topological polar surface area (TPSA) is 95.9 Å². The van der Waals surface area contributed by atoms with Gasteiger partial charge < -0.3 is 20.3 Å². The van der Waals surface area contributed by atoms with Gasteiger partial charge in [0.25, 0.3) is 0 Å². The zero-order valence-corrected chi connectivity index (χ0v) is 39.9. The van der Waals surface area contributed by atoms with Gasteiger partial charge in [0.2, 0.25) is 5.91 Å². The fraction of sp³-hybridized carbons (Fsp3) is 0.852. The first-order valence-corrected chi connectivity index (χ1v) is 26.2. The highest BCUT2D eigenvalue weighted by Gasteiger charge is 2.20. The summed E-state index contributed by atoms with van der Waals surface area (Å²) in [5.74, 6) is -0.0660. The van der Waals surface area contributed by atoms with Crippen molar-refractivity contribution in [2.75, 3.05) is 13.2 Å². The van der Waals surface area contributed by atoms with Crippen molar-refractivity contribution in [1.82, 2.24) is 5.32 Å². The van der Waals surface area contributed by atoms with Crippen molar-refractivity contribution in [2.24, 2.45) is 0 Å². The fourth-order valence-corrected chi connectivity index (χ4v) is 7.85. The number of rotatable bonds is 48. The number of hydrogen-bond donors (Lipinski definition) is 3. The number of allylic oxidation sites excluding steroid dienone is 6. The lowest BCUT2D eigenvalue weighted by Gasteiger charge is -2.22. The predicted molar refractivity (Wildman–Crippen MR) is 259 cm³/mol. The van der Waals surface area contributed by atoms with Crippen LogP contribution in [0.5, 0.6) is 0 Å². The van der Waals surface area contributed by atoms with Crippen LogP contribution in [0.4, 0.5) is 0 Å². The quantitative estimate of drug-likeness (QED) is 0.0322. The summed E-state index contributed by atoms with van der Waals surface area (Å²) >= 11 is 0. The van der Waals surface area contributed by atoms with Crippen LogP contribution in [0, 0.1) is 0 Å². The fourth-order valence-electron chi connectivity index (χ4n) is 7.85. The molecule has 0 aliphatic heterocycles. The van der Waals surface area contributed by atoms with Gasteiger partial charge in [0, 0.05) is 12.8 Å². The van der Waals surface area contributed by atoms with Gasteiger partial charge in [0.1, 0.15) is 0 Å². The van der Waals surface area contributed by atoms with Gasteiger partial charge in [0.15, 0.2) is 0 Å². The summed E-state index contributed by atoms with van der Waals surface area (Å²) in [6, 6.07) is -0.550. The Kier molecular flexibility index (Phi) is 48.1. The van der Waals surface area contributed by atoms with Gasteiger partial charge in [-0.15, -0.1) is 0 Å². The van der Waals surface area contributed by atoms with Crippen LogP contribution in [-0.2, 0) is 14.3 Å². The molecule has 0 rings (SSSR count). The maximum atomic E-state index is 12.4. The lowest BCUT2D eigenvalue weighted by atomic mass is 10.0. The number of hydrogen-bond acceptors (Lipinski definition) is 5. The number of unbranched alkanes of at least 4 members (excludes halogenated alkanes) is 31. The molecular weight excluding hydrogens is 743 g/mol. The smallest absolute Gasteiger partial charge is 0.305 e. The average Bonchev–Trinajstić information content (AvgIpc) is 3.25. The van der Waals surface area contributed by atoms with Crippen LogP contribution in [0.15, 0.2) is 36.5 Å². The molecule has 2 atom stereocenters. The molecule has 0 aromatic heterocycles. The second-order valence-electron chi connectivity index (χ2n) is 17.8. The van der Waals surface area contributed by atoms with Gasteiger partial charge in [-0.2, -0.15) is 0 Å². The normalized spacial score (nSPS) is 12.9. The third-order valence-electron chi connectivity index (χ3n) is 11.9. The van der Waals surface area contributed by atoms with Crippen LogP contribution in [0.25, 0.3) is 0 Å².